The molecule has 0 saturated heterocycles. The van der Waals surface area contributed by atoms with Crippen LogP contribution in [0, 0.1) is 28.9 Å². The zero-order valence-electron chi connectivity index (χ0n) is 10.3. The molecule has 0 radical (unpaired) electrons. The minimum atomic E-state index is -0.419. The normalized spacial score (nSPS) is 9.22. The van der Waals surface area contributed by atoms with Gasteiger partial charge in [-0.05, 0) is 13.0 Å². The van der Waals surface area contributed by atoms with Gasteiger partial charge in [-0.2, -0.15) is 0 Å². The fourth-order valence-corrected chi connectivity index (χ4v) is 1.42. The van der Waals surface area contributed by atoms with Crippen LogP contribution in [-0.4, -0.2) is 17.4 Å². The highest BCUT2D eigenvalue weighted by molar-refractivity contribution is 5.72. The van der Waals surface area contributed by atoms with E-state index in [1.54, 1.807) is 19.1 Å². The average molecular weight is 246 g/mol. The second-order valence-electron chi connectivity index (χ2n) is 3.74. The van der Waals surface area contributed by atoms with Gasteiger partial charge in [0.2, 0.25) is 5.91 Å². The Morgan fingerprint density at radius 2 is 2.22 bits per heavy atom. The topological polar surface area (TPSA) is 72.2 Å². The molecule has 0 heterocycles. The Balaban J connectivity index is 2.74. The van der Waals surface area contributed by atoms with E-state index in [1.807, 2.05) is 0 Å². The standard InChI is InChI=1S/C13H14N2O3/c1-10-12(6-3-4-9-14-11(2)16)7-5-8-13(10)15(17)18/h5,7-8H,4,9H2,1-2H3,(H,14,16). The van der Waals surface area contributed by atoms with Crippen molar-refractivity contribution < 1.29 is 9.72 Å². The highest BCUT2D eigenvalue weighted by atomic mass is 16.6. The fraction of sp³-hybridized carbons (Fsp3) is 0.308. The number of rotatable bonds is 3. The second kappa shape index (κ2) is 6.40. The summed E-state index contributed by atoms with van der Waals surface area (Å²) in [7, 11) is 0. The highest BCUT2D eigenvalue weighted by Gasteiger charge is 2.11. The van der Waals surface area contributed by atoms with Crippen molar-refractivity contribution in [1.29, 1.82) is 0 Å². The van der Waals surface area contributed by atoms with E-state index in [-0.39, 0.29) is 11.6 Å². The zero-order chi connectivity index (χ0) is 13.5. The molecular formula is C13H14N2O3. The van der Waals surface area contributed by atoms with E-state index in [4.69, 9.17) is 0 Å². The lowest BCUT2D eigenvalue weighted by Crippen LogP contribution is -2.20. The molecule has 0 unspecified atom stereocenters. The lowest BCUT2D eigenvalue weighted by atomic mass is 10.1. The molecule has 5 heteroatoms. The van der Waals surface area contributed by atoms with Crippen molar-refractivity contribution in [2.45, 2.75) is 20.3 Å². The number of nitro benzene ring substituents is 1. The summed E-state index contributed by atoms with van der Waals surface area (Å²) in [6.45, 7) is 3.60. The van der Waals surface area contributed by atoms with Gasteiger partial charge in [0.1, 0.15) is 0 Å². The summed E-state index contributed by atoms with van der Waals surface area (Å²) in [5, 5.41) is 13.4. The Morgan fingerprint density at radius 1 is 1.50 bits per heavy atom. The predicted molar refractivity (Wildman–Crippen MR) is 68.0 cm³/mol. The molecule has 1 N–H and O–H groups in total. The number of nitrogens with one attached hydrogen (secondary N) is 1. The van der Waals surface area contributed by atoms with Crippen LogP contribution in [0.4, 0.5) is 5.69 Å². The van der Waals surface area contributed by atoms with E-state index < -0.39 is 4.92 Å². The van der Waals surface area contributed by atoms with E-state index in [0.717, 1.165) is 0 Å². The van der Waals surface area contributed by atoms with Crippen molar-refractivity contribution in [3.63, 3.8) is 0 Å². The van der Waals surface area contributed by atoms with Crippen molar-refractivity contribution >= 4 is 11.6 Å². The van der Waals surface area contributed by atoms with Crippen molar-refractivity contribution in [2.75, 3.05) is 6.54 Å². The number of carbonyl (C=O) groups excluding carboxylic acids is 1. The SMILES string of the molecule is CC(=O)NCCC#Cc1cccc([N+](=O)[O-])c1C. The van der Waals surface area contributed by atoms with E-state index in [1.165, 1.54) is 13.0 Å². The Kier molecular flexibility index (Phi) is 4.88. The van der Waals surface area contributed by atoms with Crippen molar-refractivity contribution in [3.8, 4) is 11.8 Å². The monoisotopic (exact) mass is 246 g/mol. The van der Waals surface area contributed by atoms with Crippen LogP contribution in [0.3, 0.4) is 0 Å². The summed E-state index contributed by atoms with van der Waals surface area (Å²) in [4.78, 5) is 20.9. The van der Waals surface area contributed by atoms with E-state index >= 15 is 0 Å². The Bertz CT molecular complexity index is 527. The first-order valence-corrected chi connectivity index (χ1v) is 5.49. The number of amides is 1. The first kappa shape index (κ1) is 13.7. The summed E-state index contributed by atoms with van der Waals surface area (Å²) in [6, 6.07) is 4.81. The third-order valence-electron chi connectivity index (χ3n) is 2.35. The largest absolute Gasteiger partial charge is 0.355 e. The molecule has 0 aliphatic carbocycles. The fourth-order valence-electron chi connectivity index (χ4n) is 1.42. The van der Waals surface area contributed by atoms with Crippen LogP contribution in [0.25, 0.3) is 0 Å². The second-order valence-corrected chi connectivity index (χ2v) is 3.74. The Labute approximate surface area is 105 Å². The predicted octanol–water partition coefficient (Wildman–Crippen LogP) is 1.78. The van der Waals surface area contributed by atoms with Gasteiger partial charge in [-0.25, -0.2) is 0 Å². The van der Waals surface area contributed by atoms with Gasteiger partial charge in [0.05, 0.1) is 4.92 Å². The number of hydrogen-bond donors (Lipinski definition) is 1. The van der Waals surface area contributed by atoms with E-state index in [9.17, 15) is 14.9 Å². The maximum atomic E-state index is 10.7. The molecule has 1 aromatic rings. The van der Waals surface area contributed by atoms with Crippen LogP contribution in [0.5, 0.6) is 0 Å². The zero-order valence-corrected chi connectivity index (χ0v) is 10.3. The third kappa shape index (κ3) is 3.91. The lowest BCUT2D eigenvalue weighted by Gasteiger charge is -1.99. The summed E-state index contributed by atoms with van der Waals surface area (Å²) >= 11 is 0. The summed E-state index contributed by atoms with van der Waals surface area (Å²) in [5.41, 5.74) is 1.28. The molecule has 1 rings (SSSR count). The maximum absolute atomic E-state index is 10.7. The maximum Gasteiger partial charge on any atom is 0.273 e. The molecule has 0 aliphatic rings. The molecular weight excluding hydrogens is 232 g/mol. The summed E-state index contributed by atoms with van der Waals surface area (Å²) < 4.78 is 0. The number of carbonyl (C=O) groups is 1. The van der Waals surface area contributed by atoms with Gasteiger partial charge in [-0.1, -0.05) is 17.9 Å². The van der Waals surface area contributed by atoms with Gasteiger partial charge in [0.15, 0.2) is 0 Å². The van der Waals surface area contributed by atoms with E-state index in [2.05, 4.69) is 17.2 Å². The lowest BCUT2D eigenvalue weighted by molar-refractivity contribution is -0.385. The number of nitro groups is 1. The first-order chi connectivity index (χ1) is 8.52. The molecule has 5 nitrogen and oxygen atoms in total. The van der Waals surface area contributed by atoms with Gasteiger partial charge in [0, 0.05) is 37.1 Å². The first-order valence-electron chi connectivity index (χ1n) is 5.49. The molecule has 0 aliphatic heterocycles. The van der Waals surface area contributed by atoms with Gasteiger partial charge in [0.25, 0.3) is 5.69 Å². The summed E-state index contributed by atoms with van der Waals surface area (Å²) in [6.07, 6.45) is 0.516. The molecule has 94 valence electrons. The molecule has 1 aromatic carbocycles. The average Bonchev–Trinajstić information content (AvgIpc) is 2.30. The quantitative estimate of drug-likeness (QED) is 0.382. The molecule has 18 heavy (non-hydrogen) atoms. The Morgan fingerprint density at radius 3 is 2.83 bits per heavy atom. The van der Waals surface area contributed by atoms with Gasteiger partial charge in [-0.3, -0.25) is 14.9 Å². The molecule has 0 saturated carbocycles. The van der Waals surface area contributed by atoms with Crippen LogP contribution in [0.2, 0.25) is 0 Å². The van der Waals surface area contributed by atoms with Crippen molar-refractivity contribution in [3.05, 3.63) is 39.4 Å². The molecule has 0 spiro atoms. The molecule has 0 aromatic heterocycles. The van der Waals surface area contributed by atoms with Crippen LogP contribution in [0.15, 0.2) is 18.2 Å². The minimum Gasteiger partial charge on any atom is -0.355 e. The van der Waals surface area contributed by atoms with Crippen LogP contribution in [0.1, 0.15) is 24.5 Å². The molecule has 0 fully saturated rings. The van der Waals surface area contributed by atoms with Gasteiger partial charge in [-0.15, -0.1) is 0 Å². The number of nitrogens with zero attached hydrogens (tertiary/aromatic N) is 1. The molecule has 0 atom stereocenters. The van der Waals surface area contributed by atoms with Crippen molar-refractivity contribution in [1.82, 2.24) is 5.32 Å². The van der Waals surface area contributed by atoms with Gasteiger partial charge < -0.3 is 5.32 Å². The third-order valence-corrected chi connectivity index (χ3v) is 2.35. The van der Waals surface area contributed by atoms with Crippen molar-refractivity contribution in [2.24, 2.45) is 0 Å². The van der Waals surface area contributed by atoms with Crippen LogP contribution in [-0.2, 0) is 4.79 Å². The van der Waals surface area contributed by atoms with E-state index in [0.29, 0.717) is 24.1 Å². The van der Waals surface area contributed by atoms with Gasteiger partial charge >= 0.3 is 0 Å². The number of hydrogen-bond acceptors (Lipinski definition) is 3. The molecule has 1 amide bonds. The minimum absolute atomic E-state index is 0.0728. The van der Waals surface area contributed by atoms with Crippen LogP contribution < -0.4 is 5.32 Å². The smallest absolute Gasteiger partial charge is 0.273 e. The highest BCUT2D eigenvalue weighted by Crippen LogP contribution is 2.20. The summed E-state index contributed by atoms with van der Waals surface area (Å²) in [5.74, 6) is 5.66. The number of benzene rings is 1. The Hall–Kier alpha value is -2.35. The molecule has 0 bridgehead atoms. The van der Waals surface area contributed by atoms with Crippen LogP contribution >= 0.6 is 0 Å².